The minimum absolute atomic E-state index is 0.0908. The molecular weight excluding hydrogens is 190 g/mol. The Labute approximate surface area is 92.6 Å². The first kappa shape index (κ1) is 12.3. The van der Waals surface area contributed by atoms with Crippen molar-refractivity contribution in [2.75, 3.05) is 40.3 Å². The number of carbonyl (C=O) groups excluding carboxylic acids is 1. The fourth-order valence-corrected chi connectivity index (χ4v) is 2.25. The van der Waals surface area contributed by atoms with Crippen LogP contribution in [-0.2, 0) is 0 Å². The van der Waals surface area contributed by atoms with Gasteiger partial charge in [0.25, 0.3) is 0 Å². The first-order valence-electron chi connectivity index (χ1n) is 5.58. The molecule has 0 unspecified atom stereocenters. The van der Waals surface area contributed by atoms with Crippen LogP contribution in [-0.4, -0.2) is 56.1 Å². The molecule has 1 rings (SSSR count). The van der Waals surface area contributed by atoms with E-state index in [1.807, 2.05) is 4.90 Å². The van der Waals surface area contributed by atoms with Gasteiger partial charge >= 0.3 is 6.03 Å². The molecule has 1 saturated heterocycles. The Hall–Kier alpha value is -0.770. The second-order valence-electron chi connectivity index (χ2n) is 5.41. The van der Waals surface area contributed by atoms with Crippen LogP contribution in [0.25, 0.3) is 0 Å². The molecule has 1 N–H and O–H groups in total. The van der Waals surface area contributed by atoms with Gasteiger partial charge in [-0.2, -0.15) is 0 Å². The predicted molar refractivity (Wildman–Crippen MR) is 61.9 cm³/mol. The van der Waals surface area contributed by atoms with Crippen LogP contribution < -0.4 is 5.32 Å². The Bertz CT molecular complexity index is 226. The zero-order valence-electron chi connectivity index (χ0n) is 10.3. The van der Waals surface area contributed by atoms with Crippen molar-refractivity contribution < 1.29 is 4.79 Å². The molecule has 0 atom stereocenters. The minimum atomic E-state index is 0.0908. The summed E-state index contributed by atoms with van der Waals surface area (Å²) in [4.78, 5) is 15.7. The lowest BCUT2D eigenvalue weighted by atomic mass is 9.92. The van der Waals surface area contributed by atoms with Gasteiger partial charge in [-0.15, -0.1) is 0 Å². The van der Waals surface area contributed by atoms with Gasteiger partial charge in [0.1, 0.15) is 0 Å². The number of rotatable bonds is 4. The number of nitrogens with zero attached hydrogens (tertiary/aromatic N) is 2. The first-order chi connectivity index (χ1) is 6.91. The third-order valence-corrected chi connectivity index (χ3v) is 2.53. The monoisotopic (exact) mass is 213 g/mol. The van der Waals surface area contributed by atoms with Gasteiger partial charge in [0.15, 0.2) is 0 Å². The maximum atomic E-state index is 11.6. The summed E-state index contributed by atoms with van der Waals surface area (Å²) in [5.74, 6) is 0. The molecule has 0 radical (unpaired) electrons. The first-order valence-corrected chi connectivity index (χ1v) is 5.58. The van der Waals surface area contributed by atoms with Crippen molar-refractivity contribution >= 4 is 6.03 Å². The molecule has 4 heteroatoms. The van der Waals surface area contributed by atoms with Crippen LogP contribution in [0.2, 0.25) is 0 Å². The van der Waals surface area contributed by atoms with Gasteiger partial charge < -0.3 is 15.1 Å². The molecule has 15 heavy (non-hydrogen) atoms. The van der Waals surface area contributed by atoms with Crippen LogP contribution in [0.4, 0.5) is 4.79 Å². The third-order valence-electron chi connectivity index (χ3n) is 2.53. The van der Waals surface area contributed by atoms with Gasteiger partial charge in [0.05, 0.1) is 0 Å². The second kappa shape index (κ2) is 4.84. The number of hydrogen-bond donors (Lipinski definition) is 1. The molecule has 1 heterocycles. The van der Waals surface area contributed by atoms with Crippen LogP contribution >= 0.6 is 0 Å². The highest BCUT2D eigenvalue weighted by atomic mass is 16.2. The zero-order valence-corrected chi connectivity index (χ0v) is 10.3. The number of nitrogens with one attached hydrogen (secondary N) is 1. The number of urea groups is 1. The SMILES string of the molecule is CN(C)CC(C)(C)CN1CCCNC1=O. The molecule has 0 aromatic heterocycles. The van der Waals surface area contributed by atoms with E-state index in [9.17, 15) is 4.79 Å². The van der Waals surface area contributed by atoms with E-state index >= 15 is 0 Å². The summed E-state index contributed by atoms with van der Waals surface area (Å²) in [6.07, 6.45) is 1.06. The third kappa shape index (κ3) is 4.08. The van der Waals surface area contributed by atoms with E-state index in [-0.39, 0.29) is 11.4 Å². The van der Waals surface area contributed by atoms with Crippen LogP contribution in [0.15, 0.2) is 0 Å². The average molecular weight is 213 g/mol. The van der Waals surface area contributed by atoms with Crippen LogP contribution in [0, 0.1) is 5.41 Å². The molecule has 1 fully saturated rings. The molecule has 1 aliphatic rings. The molecule has 0 aromatic rings. The number of hydrogen-bond acceptors (Lipinski definition) is 2. The lowest BCUT2D eigenvalue weighted by Crippen LogP contribution is -2.51. The smallest absolute Gasteiger partial charge is 0.317 e. The van der Waals surface area contributed by atoms with Crippen molar-refractivity contribution in [2.45, 2.75) is 20.3 Å². The van der Waals surface area contributed by atoms with Crippen molar-refractivity contribution in [1.29, 1.82) is 0 Å². The van der Waals surface area contributed by atoms with E-state index in [4.69, 9.17) is 0 Å². The summed E-state index contributed by atoms with van der Waals surface area (Å²) in [7, 11) is 4.13. The maximum absolute atomic E-state index is 11.6. The molecule has 2 amide bonds. The molecule has 1 aliphatic heterocycles. The fourth-order valence-electron chi connectivity index (χ4n) is 2.25. The minimum Gasteiger partial charge on any atom is -0.338 e. The topological polar surface area (TPSA) is 35.6 Å². The largest absolute Gasteiger partial charge is 0.338 e. The predicted octanol–water partition coefficient (Wildman–Crippen LogP) is 0.990. The Kier molecular flexibility index (Phi) is 3.97. The van der Waals surface area contributed by atoms with Gasteiger partial charge in [-0.05, 0) is 25.9 Å². The van der Waals surface area contributed by atoms with Crippen LogP contribution in [0.1, 0.15) is 20.3 Å². The molecule has 0 aliphatic carbocycles. The summed E-state index contributed by atoms with van der Waals surface area (Å²) < 4.78 is 0. The van der Waals surface area contributed by atoms with Crippen molar-refractivity contribution in [3.63, 3.8) is 0 Å². The number of amides is 2. The number of carbonyl (C=O) groups is 1. The van der Waals surface area contributed by atoms with Crippen molar-refractivity contribution in [1.82, 2.24) is 15.1 Å². The molecule has 0 bridgehead atoms. The molecule has 0 aromatic carbocycles. The van der Waals surface area contributed by atoms with E-state index in [1.54, 1.807) is 0 Å². The summed E-state index contributed by atoms with van der Waals surface area (Å²) in [6, 6.07) is 0.0908. The lowest BCUT2D eigenvalue weighted by molar-refractivity contribution is 0.137. The van der Waals surface area contributed by atoms with E-state index in [1.165, 1.54) is 0 Å². The van der Waals surface area contributed by atoms with Crippen molar-refractivity contribution in [2.24, 2.45) is 5.41 Å². The highest BCUT2D eigenvalue weighted by Gasteiger charge is 2.26. The molecule has 4 nitrogen and oxygen atoms in total. The Balaban J connectivity index is 2.47. The van der Waals surface area contributed by atoms with E-state index in [2.05, 4.69) is 38.2 Å². The summed E-state index contributed by atoms with van der Waals surface area (Å²) in [5.41, 5.74) is 0.151. The second-order valence-corrected chi connectivity index (χ2v) is 5.41. The quantitative estimate of drug-likeness (QED) is 0.756. The molecule has 0 saturated carbocycles. The Morgan fingerprint density at radius 1 is 1.47 bits per heavy atom. The van der Waals surface area contributed by atoms with Gasteiger partial charge in [-0.1, -0.05) is 13.8 Å². The van der Waals surface area contributed by atoms with Crippen LogP contribution in [0.5, 0.6) is 0 Å². The van der Waals surface area contributed by atoms with Crippen LogP contribution in [0.3, 0.4) is 0 Å². The standard InChI is InChI=1S/C11H23N3O/c1-11(2,8-13(3)4)9-14-7-5-6-12-10(14)15/h5-9H2,1-4H3,(H,12,15). The summed E-state index contributed by atoms with van der Waals surface area (Å²) in [6.45, 7) is 7.95. The highest BCUT2D eigenvalue weighted by Crippen LogP contribution is 2.18. The van der Waals surface area contributed by atoms with E-state index < -0.39 is 0 Å². The van der Waals surface area contributed by atoms with Gasteiger partial charge in [0.2, 0.25) is 0 Å². The summed E-state index contributed by atoms with van der Waals surface area (Å²) >= 11 is 0. The average Bonchev–Trinajstić information content (AvgIpc) is 2.06. The molecular formula is C11H23N3O. The van der Waals surface area contributed by atoms with Gasteiger partial charge in [-0.3, -0.25) is 0 Å². The Morgan fingerprint density at radius 2 is 2.13 bits per heavy atom. The summed E-state index contributed by atoms with van der Waals surface area (Å²) in [5, 5.41) is 2.88. The zero-order chi connectivity index (χ0) is 11.5. The van der Waals surface area contributed by atoms with Gasteiger partial charge in [-0.25, -0.2) is 4.79 Å². The normalized spacial score (nSPS) is 18.2. The Morgan fingerprint density at radius 3 is 2.67 bits per heavy atom. The molecule has 88 valence electrons. The molecule has 0 spiro atoms. The van der Waals surface area contributed by atoms with Gasteiger partial charge in [0, 0.05) is 26.2 Å². The maximum Gasteiger partial charge on any atom is 0.317 e. The van der Waals surface area contributed by atoms with E-state index in [0.29, 0.717) is 0 Å². The lowest BCUT2D eigenvalue weighted by Gasteiger charge is -2.36. The fraction of sp³-hybridized carbons (Fsp3) is 0.909. The van der Waals surface area contributed by atoms with Crippen molar-refractivity contribution in [3.05, 3.63) is 0 Å². The highest BCUT2D eigenvalue weighted by molar-refractivity contribution is 5.74. The van der Waals surface area contributed by atoms with Crippen molar-refractivity contribution in [3.8, 4) is 0 Å². The van der Waals surface area contributed by atoms with E-state index in [0.717, 1.165) is 32.6 Å².